The van der Waals surface area contributed by atoms with Crippen LogP contribution in [0.4, 0.5) is 0 Å². The van der Waals surface area contributed by atoms with Gasteiger partial charge in [-0.2, -0.15) is 0 Å². The van der Waals surface area contributed by atoms with Crippen molar-refractivity contribution in [2.24, 2.45) is 5.41 Å². The van der Waals surface area contributed by atoms with Gasteiger partial charge in [-0.25, -0.2) is 0 Å². The number of furan rings is 1. The van der Waals surface area contributed by atoms with Gasteiger partial charge in [0.15, 0.2) is 11.5 Å². The number of carbonyl (C=O) groups excluding carboxylic acids is 2. The van der Waals surface area contributed by atoms with Gasteiger partial charge in [-0.05, 0) is 24.8 Å². The lowest BCUT2D eigenvalue weighted by Gasteiger charge is -2.27. The maximum Gasteiger partial charge on any atom is 0.290 e. The molecule has 0 aliphatic heterocycles. The van der Waals surface area contributed by atoms with Crippen molar-refractivity contribution in [2.75, 3.05) is 6.54 Å². The van der Waals surface area contributed by atoms with E-state index in [1.807, 2.05) is 45.0 Å². The Morgan fingerprint density at radius 1 is 1.22 bits per heavy atom. The fourth-order valence-electron chi connectivity index (χ4n) is 3.65. The zero-order valence-corrected chi connectivity index (χ0v) is 16.4. The van der Waals surface area contributed by atoms with E-state index in [0.29, 0.717) is 36.3 Å². The molecule has 1 aliphatic carbocycles. The summed E-state index contributed by atoms with van der Waals surface area (Å²) in [5.41, 5.74) is 3.20. The quantitative estimate of drug-likeness (QED) is 0.760. The second-order valence-corrected chi connectivity index (χ2v) is 8.15. The molecule has 1 aliphatic rings. The first kappa shape index (κ1) is 19.0. The molecule has 0 saturated heterocycles. The first-order valence-corrected chi connectivity index (χ1v) is 9.15. The predicted octanol–water partition coefficient (Wildman–Crippen LogP) is 4.33. The number of ketones is 1. The summed E-state index contributed by atoms with van der Waals surface area (Å²) in [7, 11) is 0. The Hall–Kier alpha value is -2.80. The van der Waals surface area contributed by atoms with E-state index in [1.54, 1.807) is 11.8 Å². The Labute approximate surface area is 160 Å². The molecule has 0 N–H and O–H groups in total. The van der Waals surface area contributed by atoms with Crippen LogP contribution in [0.2, 0.25) is 0 Å². The highest BCUT2D eigenvalue weighted by molar-refractivity contribution is 6.03. The minimum absolute atomic E-state index is 0.0450. The Kier molecular flexibility index (Phi) is 4.97. The zero-order chi connectivity index (χ0) is 19.8. The van der Waals surface area contributed by atoms with Crippen molar-refractivity contribution in [2.45, 2.75) is 47.1 Å². The zero-order valence-electron chi connectivity index (χ0n) is 16.4. The molecule has 1 amide bonds. The standard InChI is InChI=1S/C23H25NO3/c1-6-11-24(14-17-9-7-15(2)8-10-17)22(26)21-16(3)20-18(25)12-23(4,5)13-19(20)27-21/h1,7-10H,11-14H2,2-5H3. The molecule has 0 bridgehead atoms. The minimum atomic E-state index is -0.272. The fourth-order valence-corrected chi connectivity index (χ4v) is 3.65. The SMILES string of the molecule is C#CCN(Cc1ccc(C)cc1)C(=O)c1oc2c(c1C)C(=O)CC(C)(C)C2. The van der Waals surface area contributed by atoms with Crippen LogP contribution >= 0.6 is 0 Å². The third kappa shape index (κ3) is 3.83. The number of nitrogens with zero attached hydrogens (tertiary/aromatic N) is 1. The summed E-state index contributed by atoms with van der Waals surface area (Å²) in [5.74, 6) is 3.17. The molecule has 1 aromatic carbocycles. The molecule has 140 valence electrons. The van der Waals surface area contributed by atoms with Crippen LogP contribution < -0.4 is 0 Å². The van der Waals surface area contributed by atoms with Gasteiger partial charge in [0.05, 0.1) is 12.1 Å². The molecule has 27 heavy (non-hydrogen) atoms. The first-order valence-electron chi connectivity index (χ1n) is 9.15. The van der Waals surface area contributed by atoms with Crippen LogP contribution in [0.3, 0.4) is 0 Å². The van der Waals surface area contributed by atoms with E-state index in [9.17, 15) is 9.59 Å². The van der Waals surface area contributed by atoms with Gasteiger partial charge < -0.3 is 9.32 Å². The second-order valence-electron chi connectivity index (χ2n) is 8.15. The molecular weight excluding hydrogens is 338 g/mol. The van der Waals surface area contributed by atoms with Crippen molar-refractivity contribution in [1.29, 1.82) is 0 Å². The molecular formula is C23H25NO3. The van der Waals surface area contributed by atoms with Gasteiger partial charge in [0.25, 0.3) is 5.91 Å². The lowest BCUT2D eigenvalue weighted by molar-refractivity contribution is 0.0727. The fraction of sp³-hybridized carbons (Fsp3) is 0.391. The Morgan fingerprint density at radius 2 is 1.89 bits per heavy atom. The average molecular weight is 363 g/mol. The van der Waals surface area contributed by atoms with Crippen LogP contribution in [0.15, 0.2) is 28.7 Å². The Bertz CT molecular complexity index is 926. The van der Waals surface area contributed by atoms with Gasteiger partial charge in [0.2, 0.25) is 0 Å². The van der Waals surface area contributed by atoms with Crippen LogP contribution in [-0.4, -0.2) is 23.1 Å². The number of hydrogen-bond acceptors (Lipinski definition) is 3. The van der Waals surface area contributed by atoms with E-state index in [4.69, 9.17) is 10.8 Å². The molecule has 0 unspecified atom stereocenters. The lowest BCUT2D eigenvalue weighted by atomic mass is 9.76. The largest absolute Gasteiger partial charge is 0.455 e. The Morgan fingerprint density at radius 3 is 2.52 bits per heavy atom. The van der Waals surface area contributed by atoms with E-state index in [1.165, 1.54) is 0 Å². The summed E-state index contributed by atoms with van der Waals surface area (Å²) in [6.07, 6.45) is 6.60. The van der Waals surface area contributed by atoms with Crippen molar-refractivity contribution >= 4 is 11.7 Å². The number of rotatable bonds is 4. The van der Waals surface area contributed by atoms with Crippen molar-refractivity contribution in [3.63, 3.8) is 0 Å². The Balaban J connectivity index is 1.92. The predicted molar refractivity (Wildman–Crippen MR) is 105 cm³/mol. The molecule has 0 atom stereocenters. The highest BCUT2D eigenvalue weighted by Crippen LogP contribution is 2.38. The molecule has 0 spiro atoms. The van der Waals surface area contributed by atoms with E-state index in [0.717, 1.165) is 11.1 Å². The third-order valence-electron chi connectivity index (χ3n) is 5.03. The molecule has 0 saturated carbocycles. The van der Waals surface area contributed by atoms with Gasteiger partial charge >= 0.3 is 0 Å². The number of terminal acetylenes is 1. The van der Waals surface area contributed by atoms with Gasteiger partial charge in [0.1, 0.15) is 5.76 Å². The molecule has 3 rings (SSSR count). The molecule has 0 radical (unpaired) electrons. The number of Topliss-reactive ketones (excluding diaryl/α,β-unsaturated/α-hetero) is 1. The van der Waals surface area contributed by atoms with Gasteiger partial charge in [-0.15, -0.1) is 6.42 Å². The smallest absolute Gasteiger partial charge is 0.290 e. The molecule has 0 fully saturated rings. The summed E-state index contributed by atoms with van der Waals surface area (Å²) < 4.78 is 5.91. The minimum Gasteiger partial charge on any atom is -0.455 e. The van der Waals surface area contributed by atoms with Crippen LogP contribution in [0.5, 0.6) is 0 Å². The van der Waals surface area contributed by atoms with Crippen molar-refractivity contribution < 1.29 is 14.0 Å². The van der Waals surface area contributed by atoms with Crippen LogP contribution in [-0.2, 0) is 13.0 Å². The molecule has 1 heterocycles. The number of benzene rings is 1. The number of hydrogen-bond donors (Lipinski definition) is 0. The van der Waals surface area contributed by atoms with Crippen molar-refractivity contribution in [3.8, 4) is 12.3 Å². The summed E-state index contributed by atoms with van der Waals surface area (Å²) >= 11 is 0. The van der Waals surface area contributed by atoms with E-state index in [-0.39, 0.29) is 29.4 Å². The highest BCUT2D eigenvalue weighted by atomic mass is 16.4. The van der Waals surface area contributed by atoms with Crippen LogP contribution in [0, 0.1) is 31.6 Å². The number of amides is 1. The lowest BCUT2D eigenvalue weighted by Crippen LogP contribution is -2.31. The molecule has 4 nitrogen and oxygen atoms in total. The van der Waals surface area contributed by atoms with Crippen LogP contribution in [0.1, 0.15) is 63.6 Å². The van der Waals surface area contributed by atoms with Gasteiger partial charge in [0, 0.05) is 24.9 Å². The summed E-state index contributed by atoms with van der Waals surface area (Å²) in [6, 6.07) is 7.98. The van der Waals surface area contributed by atoms with E-state index < -0.39 is 0 Å². The number of carbonyl (C=O) groups is 2. The molecule has 4 heteroatoms. The maximum atomic E-state index is 13.1. The van der Waals surface area contributed by atoms with E-state index in [2.05, 4.69) is 5.92 Å². The average Bonchev–Trinajstić information content (AvgIpc) is 2.91. The van der Waals surface area contributed by atoms with Gasteiger partial charge in [-0.1, -0.05) is 49.6 Å². The van der Waals surface area contributed by atoms with Crippen LogP contribution in [0.25, 0.3) is 0 Å². The number of aryl methyl sites for hydroxylation is 1. The third-order valence-corrected chi connectivity index (χ3v) is 5.03. The summed E-state index contributed by atoms with van der Waals surface area (Å²) in [5, 5.41) is 0. The normalized spacial score (nSPS) is 15.1. The summed E-state index contributed by atoms with van der Waals surface area (Å²) in [6.45, 7) is 8.45. The highest BCUT2D eigenvalue weighted by Gasteiger charge is 2.37. The maximum absolute atomic E-state index is 13.1. The van der Waals surface area contributed by atoms with E-state index >= 15 is 0 Å². The summed E-state index contributed by atoms with van der Waals surface area (Å²) in [4.78, 5) is 27.3. The topological polar surface area (TPSA) is 50.5 Å². The number of fused-ring (bicyclic) bond motifs is 1. The first-order chi connectivity index (χ1) is 12.7. The second kappa shape index (κ2) is 7.08. The van der Waals surface area contributed by atoms with Crippen molar-refractivity contribution in [1.82, 2.24) is 4.90 Å². The van der Waals surface area contributed by atoms with Crippen molar-refractivity contribution in [3.05, 3.63) is 58.0 Å². The molecule has 1 aromatic heterocycles. The van der Waals surface area contributed by atoms with Gasteiger partial charge in [-0.3, -0.25) is 9.59 Å². The monoisotopic (exact) mass is 363 g/mol. The molecule has 2 aromatic rings.